The normalized spacial score (nSPS) is 20.0. The highest BCUT2D eigenvalue weighted by atomic mass is 16.2. The summed E-state index contributed by atoms with van der Waals surface area (Å²) in [5.74, 6) is 2.21. The largest absolute Gasteiger partial charge is 0.359 e. The highest BCUT2D eigenvalue weighted by Crippen LogP contribution is 2.31. The van der Waals surface area contributed by atoms with E-state index in [2.05, 4.69) is 23.9 Å². The van der Waals surface area contributed by atoms with Gasteiger partial charge in [-0.1, -0.05) is 0 Å². The van der Waals surface area contributed by atoms with Gasteiger partial charge in [-0.3, -0.25) is 9.78 Å². The lowest BCUT2D eigenvalue weighted by molar-refractivity contribution is 0.0704. The molecular formula is C20H25N5O. The Labute approximate surface area is 154 Å². The molecule has 26 heavy (non-hydrogen) atoms. The van der Waals surface area contributed by atoms with Gasteiger partial charge in [-0.25, -0.2) is 9.97 Å². The summed E-state index contributed by atoms with van der Waals surface area (Å²) in [6.07, 6.45) is 7.55. The molecule has 0 N–H and O–H groups in total. The van der Waals surface area contributed by atoms with Gasteiger partial charge in [0.05, 0.1) is 5.56 Å². The lowest BCUT2D eigenvalue weighted by Crippen LogP contribution is -2.40. The zero-order valence-electron chi connectivity index (χ0n) is 15.5. The van der Waals surface area contributed by atoms with Crippen LogP contribution in [0.5, 0.6) is 0 Å². The maximum Gasteiger partial charge on any atom is 0.255 e. The Hall–Kier alpha value is -2.50. The molecule has 2 aliphatic heterocycles. The van der Waals surface area contributed by atoms with Crippen molar-refractivity contribution in [1.29, 1.82) is 0 Å². The molecule has 0 unspecified atom stereocenters. The number of nitrogens with zero attached hydrogens (tertiary/aromatic N) is 5. The predicted octanol–water partition coefficient (Wildman–Crippen LogP) is 2.58. The highest BCUT2D eigenvalue weighted by molar-refractivity contribution is 5.94. The molecule has 4 rings (SSSR count). The second-order valence-electron chi connectivity index (χ2n) is 7.33. The summed E-state index contributed by atoms with van der Waals surface area (Å²) in [6.45, 7) is 4.59. The molecule has 0 aromatic carbocycles. The maximum atomic E-state index is 12.8. The van der Waals surface area contributed by atoms with Gasteiger partial charge in [-0.05, 0) is 44.7 Å². The topological polar surface area (TPSA) is 62.2 Å². The molecule has 0 spiro atoms. The molecule has 1 saturated heterocycles. The van der Waals surface area contributed by atoms with Crippen LogP contribution in [0.2, 0.25) is 0 Å². The van der Waals surface area contributed by atoms with Crippen molar-refractivity contribution < 1.29 is 4.79 Å². The average Bonchev–Trinajstić information content (AvgIpc) is 2.69. The van der Waals surface area contributed by atoms with Crippen LogP contribution in [0.4, 0.5) is 5.82 Å². The average molecular weight is 351 g/mol. The Morgan fingerprint density at radius 2 is 2.12 bits per heavy atom. The third-order valence-corrected chi connectivity index (χ3v) is 5.47. The summed E-state index contributed by atoms with van der Waals surface area (Å²) in [7, 11) is 2.10. The fourth-order valence-electron chi connectivity index (χ4n) is 4.04. The van der Waals surface area contributed by atoms with Gasteiger partial charge in [0.1, 0.15) is 11.6 Å². The van der Waals surface area contributed by atoms with Gasteiger partial charge in [0.2, 0.25) is 0 Å². The molecule has 1 atom stereocenters. The number of anilines is 1. The smallest absolute Gasteiger partial charge is 0.255 e. The number of rotatable bonds is 2. The van der Waals surface area contributed by atoms with E-state index >= 15 is 0 Å². The highest BCUT2D eigenvalue weighted by Gasteiger charge is 2.29. The fourth-order valence-corrected chi connectivity index (χ4v) is 4.04. The van der Waals surface area contributed by atoms with E-state index in [4.69, 9.17) is 9.97 Å². The van der Waals surface area contributed by atoms with Gasteiger partial charge >= 0.3 is 0 Å². The summed E-state index contributed by atoms with van der Waals surface area (Å²) < 4.78 is 0. The standard InChI is InChI=1S/C20H25N5O/c1-14-17-8-5-10-24(2)19(17)23-18(22-14)16-7-4-11-25(13-16)20(26)15-6-3-9-21-12-15/h3,6,9,12,16H,4-5,7-8,10-11,13H2,1-2H3/t16-/m1/s1. The van der Waals surface area contributed by atoms with Gasteiger partial charge in [0.15, 0.2) is 0 Å². The van der Waals surface area contributed by atoms with Crippen LogP contribution >= 0.6 is 0 Å². The van der Waals surface area contributed by atoms with Crippen LogP contribution < -0.4 is 4.90 Å². The number of fused-ring (bicyclic) bond motifs is 1. The summed E-state index contributed by atoms with van der Waals surface area (Å²) in [5, 5.41) is 0. The minimum absolute atomic E-state index is 0.0506. The van der Waals surface area contributed by atoms with Gasteiger partial charge in [-0.2, -0.15) is 0 Å². The van der Waals surface area contributed by atoms with Crippen LogP contribution in [-0.4, -0.2) is 52.4 Å². The first-order valence-corrected chi connectivity index (χ1v) is 9.41. The Bertz CT molecular complexity index is 807. The Morgan fingerprint density at radius 3 is 2.92 bits per heavy atom. The van der Waals surface area contributed by atoms with Crippen molar-refractivity contribution in [3.63, 3.8) is 0 Å². The van der Waals surface area contributed by atoms with Crippen molar-refractivity contribution in [3.8, 4) is 0 Å². The molecule has 2 aromatic heterocycles. The van der Waals surface area contributed by atoms with Crippen LogP contribution in [0.15, 0.2) is 24.5 Å². The maximum absolute atomic E-state index is 12.8. The van der Waals surface area contributed by atoms with Gasteiger partial charge in [0, 0.05) is 56.3 Å². The van der Waals surface area contributed by atoms with Crippen LogP contribution in [0, 0.1) is 6.92 Å². The molecule has 136 valence electrons. The van der Waals surface area contributed by atoms with E-state index in [1.54, 1.807) is 18.5 Å². The van der Waals surface area contributed by atoms with Crippen LogP contribution in [0.25, 0.3) is 0 Å². The third-order valence-electron chi connectivity index (χ3n) is 5.47. The van der Waals surface area contributed by atoms with E-state index < -0.39 is 0 Å². The van der Waals surface area contributed by atoms with Crippen molar-refractivity contribution in [3.05, 3.63) is 47.2 Å². The number of pyridine rings is 1. The Morgan fingerprint density at radius 1 is 1.23 bits per heavy atom. The molecule has 6 nitrogen and oxygen atoms in total. The quantitative estimate of drug-likeness (QED) is 0.832. The minimum atomic E-state index is 0.0506. The minimum Gasteiger partial charge on any atom is -0.359 e. The van der Waals surface area contributed by atoms with Crippen LogP contribution in [-0.2, 0) is 6.42 Å². The van der Waals surface area contributed by atoms with Crippen molar-refractivity contribution in [2.45, 2.75) is 38.5 Å². The van der Waals surface area contributed by atoms with E-state index in [0.29, 0.717) is 12.1 Å². The number of carbonyl (C=O) groups is 1. The third kappa shape index (κ3) is 3.16. The van der Waals surface area contributed by atoms with Gasteiger partial charge in [0.25, 0.3) is 5.91 Å². The lowest BCUT2D eigenvalue weighted by atomic mass is 9.95. The zero-order chi connectivity index (χ0) is 18.1. The molecular weight excluding hydrogens is 326 g/mol. The first-order chi connectivity index (χ1) is 12.6. The van der Waals surface area contributed by atoms with Crippen molar-refractivity contribution >= 4 is 11.7 Å². The molecule has 2 aromatic rings. The second-order valence-corrected chi connectivity index (χ2v) is 7.33. The van der Waals surface area contributed by atoms with Crippen molar-refractivity contribution in [2.75, 3.05) is 31.6 Å². The molecule has 2 aliphatic rings. The number of hydrogen-bond acceptors (Lipinski definition) is 5. The number of piperidine rings is 1. The Balaban J connectivity index is 1.58. The number of amides is 1. The zero-order valence-corrected chi connectivity index (χ0v) is 15.5. The van der Waals surface area contributed by atoms with Crippen LogP contribution in [0.1, 0.15) is 52.6 Å². The molecule has 1 fully saturated rings. The van der Waals surface area contributed by atoms with E-state index in [0.717, 1.165) is 56.1 Å². The molecule has 0 bridgehead atoms. The van der Waals surface area contributed by atoms with Gasteiger partial charge in [-0.15, -0.1) is 0 Å². The van der Waals surface area contributed by atoms with Gasteiger partial charge < -0.3 is 9.80 Å². The first kappa shape index (κ1) is 16.9. The SMILES string of the molecule is Cc1nc([C@@H]2CCCN(C(=O)c3cccnc3)C2)nc2c1CCCN2C. The summed E-state index contributed by atoms with van der Waals surface area (Å²) in [5.41, 5.74) is 3.02. The lowest BCUT2D eigenvalue weighted by Gasteiger charge is -2.33. The summed E-state index contributed by atoms with van der Waals surface area (Å²) >= 11 is 0. The summed E-state index contributed by atoms with van der Waals surface area (Å²) in [6, 6.07) is 3.63. The molecule has 0 saturated carbocycles. The van der Waals surface area contributed by atoms with Crippen LogP contribution in [0.3, 0.4) is 0 Å². The molecule has 1 amide bonds. The molecule has 6 heteroatoms. The monoisotopic (exact) mass is 351 g/mol. The van der Waals surface area contributed by atoms with E-state index in [1.807, 2.05) is 11.0 Å². The number of aromatic nitrogens is 3. The van der Waals surface area contributed by atoms with E-state index in [1.165, 1.54) is 5.56 Å². The van der Waals surface area contributed by atoms with Crippen molar-refractivity contribution in [2.24, 2.45) is 0 Å². The predicted molar refractivity (Wildman–Crippen MR) is 100 cm³/mol. The second kappa shape index (κ2) is 7.02. The number of hydrogen-bond donors (Lipinski definition) is 0. The van der Waals surface area contributed by atoms with E-state index in [9.17, 15) is 4.79 Å². The summed E-state index contributed by atoms with van der Waals surface area (Å²) in [4.78, 5) is 30.7. The first-order valence-electron chi connectivity index (χ1n) is 9.41. The number of carbonyl (C=O) groups excluding carboxylic acids is 1. The molecule has 0 aliphatic carbocycles. The molecule has 4 heterocycles. The fraction of sp³-hybridized carbons (Fsp3) is 0.500. The molecule has 0 radical (unpaired) electrons. The Kier molecular flexibility index (Phi) is 4.57. The van der Waals surface area contributed by atoms with Crippen molar-refractivity contribution in [1.82, 2.24) is 19.9 Å². The van der Waals surface area contributed by atoms with E-state index in [-0.39, 0.29) is 11.8 Å². The number of aryl methyl sites for hydroxylation is 1. The number of likely N-dealkylation sites (tertiary alicyclic amines) is 1.